The van der Waals surface area contributed by atoms with Gasteiger partial charge in [0.2, 0.25) is 0 Å². The zero-order chi connectivity index (χ0) is 37.0. The van der Waals surface area contributed by atoms with E-state index in [1.807, 2.05) is 150 Å². The predicted octanol–water partition coefficient (Wildman–Crippen LogP) is 13.1. The molecule has 0 aliphatic heterocycles. The van der Waals surface area contributed by atoms with E-state index in [0.717, 1.165) is 37.2 Å². The van der Waals surface area contributed by atoms with Gasteiger partial charge in [0, 0.05) is 71.5 Å². The third-order valence-electron chi connectivity index (χ3n) is 9.16. The number of halogens is 3. The number of alkyl halides is 3. The fourth-order valence-corrected chi connectivity index (χ4v) is 8.34. The third-order valence-corrected chi connectivity index (χ3v) is 11.3. The monoisotopic (exact) mass is 756 g/mol. The first-order valence-electron chi connectivity index (χ1n) is 16.8. The minimum absolute atomic E-state index is 0.283. The fraction of sp³-hybridized carbons (Fsp3) is 0.0233. The molecule has 54 heavy (non-hydrogen) atoms. The van der Waals surface area contributed by atoms with Gasteiger partial charge in [-0.2, -0.15) is 21.6 Å². The molecule has 0 aliphatic carbocycles. The van der Waals surface area contributed by atoms with Crippen LogP contribution in [0.1, 0.15) is 0 Å². The van der Waals surface area contributed by atoms with Gasteiger partial charge in [-0.15, -0.1) is 11.3 Å². The molecule has 0 radical (unpaired) electrons. The van der Waals surface area contributed by atoms with Gasteiger partial charge in [-0.3, -0.25) is 0 Å². The molecule has 0 aliphatic rings. The lowest BCUT2D eigenvalue weighted by Crippen LogP contribution is -2.28. The van der Waals surface area contributed by atoms with Crippen LogP contribution in [0.15, 0.2) is 168 Å². The lowest BCUT2D eigenvalue weighted by molar-refractivity contribution is -0.0500. The van der Waals surface area contributed by atoms with Gasteiger partial charge in [0.25, 0.3) is 0 Å². The maximum atomic E-state index is 13.7. The molecule has 0 atom stereocenters. The van der Waals surface area contributed by atoms with Gasteiger partial charge in [-0.25, -0.2) is 0 Å². The summed E-state index contributed by atoms with van der Waals surface area (Å²) in [5.74, 6) is -0.514. The number of fused-ring (bicyclic) bond motifs is 6. The van der Waals surface area contributed by atoms with E-state index in [0.29, 0.717) is 33.3 Å². The highest BCUT2D eigenvalue weighted by molar-refractivity contribution is 7.88. The minimum atomic E-state index is -6.01. The molecule has 266 valence electrons. The zero-order valence-corrected chi connectivity index (χ0v) is 29.7. The van der Waals surface area contributed by atoms with Crippen LogP contribution in [-0.2, 0) is 10.1 Å². The van der Waals surface area contributed by atoms with Crippen molar-refractivity contribution in [2.45, 2.75) is 5.51 Å². The van der Waals surface area contributed by atoms with Crippen molar-refractivity contribution in [3.05, 3.63) is 164 Å². The van der Waals surface area contributed by atoms with E-state index in [2.05, 4.69) is 11.0 Å². The lowest BCUT2D eigenvalue weighted by Gasteiger charge is -2.26. The molecule has 0 unspecified atom stereocenters. The lowest BCUT2D eigenvalue weighted by atomic mass is 10.1. The molecule has 2 aromatic heterocycles. The smallest absolute Gasteiger partial charge is 0.454 e. The Labute approximate surface area is 311 Å². The van der Waals surface area contributed by atoms with Crippen LogP contribution < -0.4 is 14.0 Å². The second-order valence-corrected chi connectivity index (χ2v) is 15.2. The SMILES string of the molecule is O=S(=O)(Oc1cc(N(c2ccccc2)c2ccc3sc4ccccc4c3c2)c2oc3cc(N(c4ccccc4)c4ccccc4)ccc3c2c1)C(F)(F)F. The van der Waals surface area contributed by atoms with Crippen molar-refractivity contribution < 1.29 is 30.2 Å². The molecule has 0 amide bonds. The van der Waals surface area contributed by atoms with Crippen molar-refractivity contribution in [2.75, 3.05) is 9.80 Å². The summed E-state index contributed by atoms with van der Waals surface area (Å²) in [6.45, 7) is 0. The van der Waals surface area contributed by atoms with Crippen LogP contribution in [0.3, 0.4) is 0 Å². The van der Waals surface area contributed by atoms with Crippen molar-refractivity contribution in [2.24, 2.45) is 0 Å². The quantitative estimate of drug-likeness (QED) is 0.114. The molecule has 2 heterocycles. The Kier molecular flexibility index (Phi) is 8.06. The van der Waals surface area contributed by atoms with Crippen LogP contribution in [0.2, 0.25) is 0 Å². The molecule has 0 bridgehead atoms. The topological polar surface area (TPSA) is 63.0 Å². The van der Waals surface area contributed by atoms with Crippen LogP contribution in [0.4, 0.5) is 47.3 Å². The molecule has 0 saturated heterocycles. The number of rotatable bonds is 8. The van der Waals surface area contributed by atoms with Gasteiger partial charge in [-0.1, -0.05) is 72.8 Å². The van der Waals surface area contributed by atoms with Gasteiger partial charge in [0.1, 0.15) is 11.3 Å². The van der Waals surface area contributed by atoms with E-state index in [9.17, 15) is 21.6 Å². The highest BCUT2D eigenvalue weighted by Gasteiger charge is 2.48. The zero-order valence-electron chi connectivity index (χ0n) is 28.1. The van der Waals surface area contributed by atoms with Crippen LogP contribution in [-0.4, -0.2) is 13.9 Å². The van der Waals surface area contributed by atoms with Crippen molar-refractivity contribution in [3.63, 3.8) is 0 Å². The van der Waals surface area contributed by atoms with Crippen LogP contribution in [0.25, 0.3) is 42.1 Å². The van der Waals surface area contributed by atoms with E-state index in [1.54, 1.807) is 11.3 Å². The maximum absolute atomic E-state index is 13.7. The van der Waals surface area contributed by atoms with Gasteiger partial charge >= 0.3 is 15.6 Å². The Morgan fingerprint density at radius 2 is 1.07 bits per heavy atom. The van der Waals surface area contributed by atoms with Gasteiger partial charge in [0.15, 0.2) is 5.58 Å². The number of nitrogens with zero attached hydrogens (tertiary/aromatic N) is 2. The Balaban J connectivity index is 1.30. The Bertz CT molecular complexity index is 2890. The fourth-order valence-electron chi connectivity index (χ4n) is 6.81. The van der Waals surface area contributed by atoms with E-state index < -0.39 is 21.4 Å². The van der Waals surface area contributed by atoms with Crippen molar-refractivity contribution in [1.82, 2.24) is 0 Å². The minimum Gasteiger partial charge on any atom is -0.454 e. The van der Waals surface area contributed by atoms with Crippen molar-refractivity contribution in [1.29, 1.82) is 0 Å². The average molecular weight is 757 g/mol. The highest BCUT2D eigenvalue weighted by Crippen LogP contribution is 2.47. The molecular formula is C43H27F3N2O4S2. The second-order valence-electron chi connectivity index (χ2n) is 12.5. The van der Waals surface area contributed by atoms with Gasteiger partial charge in [-0.05, 0) is 78.9 Å². The molecule has 11 heteroatoms. The summed E-state index contributed by atoms with van der Waals surface area (Å²) >= 11 is 1.66. The molecule has 9 rings (SSSR count). The van der Waals surface area contributed by atoms with Crippen LogP contribution in [0, 0.1) is 0 Å². The molecule has 0 spiro atoms. The molecule has 0 saturated carbocycles. The number of anilines is 6. The summed E-state index contributed by atoms with van der Waals surface area (Å²) in [6.07, 6.45) is 0. The number of hydrogen-bond donors (Lipinski definition) is 0. The van der Waals surface area contributed by atoms with E-state index >= 15 is 0 Å². The van der Waals surface area contributed by atoms with Crippen LogP contribution >= 0.6 is 11.3 Å². The van der Waals surface area contributed by atoms with Gasteiger partial charge in [0.05, 0.1) is 5.69 Å². The number of hydrogen-bond acceptors (Lipinski definition) is 7. The molecule has 0 fully saturated rings. The molecule has 9 aromatic rings. The Morgan fingerprint density at radius 3 is 1.72 bits per heavy atom. The summed E-state index contributed by atoms with van der Waals surface area (Å²) in [4.78, 5) is 3.90. The summed E-state index contributed by atoms with van der Waals surface area (Å²) in [5.41, 5.74) is -0.689. The summed E-state index contributed by atoms with van der Waals surface area (Å²) in [7, 11) is -6.01. The van der Waals surface area contributed by atoms with E-state index in [-0.39, 0.29) is 5.69 Å². The number of para-hydroxylation sites is 3. The third kappa shape index (κ3) is 5.87. The van der Waals surface area contributed by atoms with E-state index in [4.69, 9.17) is 8.60 Å². The predicted molar refractivity (Wildman–Crippen MR) is 212 cm³/mol. The first-order chi connectivity index (χ1) is 26.1. The molecular weight excluding hydrogens is 730 g/mol. The van der Waals surface area contributed by atoms with Gasteiger partial charge < -0.3 is 18.4 Å². The first kappa shape index (κ1) is 33.5. The summed E-state index contributed by atoms with van der Waals surface area (Å²) in [6, 6.07) is 51.0. The Morgan fingerprint density at radius 1 is 0.519 bits per heavy atom. The first-order valence-corrected chi connectivity index (χ1v) is 19.0. The largest absolute Gasteiger partial charge is 0.534 e. The molecule has 6 nitrogen and oxygen atoms in total. The normalized spacial score (nSPS) is 12.1. The maximum Gasteiger partial charge on any atom is 0.534 e. The molecule has 7 aromatic carbocycles. The van der Waals surface area contributed by atoms with Crippen LogP contribution in [0.5, 0.6) is 5.75 Å². The Hall–Kier alpha value is -6.30. The number of benzene rings is 7. The summed E-state index contributed by atoms with van der Waals surface area (Å²) < 4.78 is 79.7. The van der Waals surface area contributed by atoms with Crippen molar-refractivity contribution in [3.8, 4) is 5.75 Å². The second kappa shape index (κ2) is 13.0. The van der Waals surface area contributed by atoms with E-state index in [1.165, 1.54) is 12.1 Å². The summed E-state index contributed by atoms with van der Waals surface area (Å²) in [5, 5.41) is 2.98. The van der Waals surface area contributed by atoms with Crippen molar-refractivity contribution >= 4 is 97.7 Å². The standard InChI is InChI=1S/C43H27F3N2O4S2/c44-43(45,46)54(49,50)52-33-26-37-34-22-20-32(47(28-12-4-1-5-13-28)29-14-6-2-7-15-29)25-39(34)51-42(37)38(27-33)48(30-16-8-3-9-17-30)31-21-23-41-36(24-31)35-18-10-11-19-40(35)53-41/h1-27H. The average Bonchev–Trinajstić information content (AvgIpc) is 3.74. The number of thiophene rings is 1. The highest BCUT2D eigenvalue weighted by atomic mass is 32.2. The number of furan rings is 1. The molecule has 0 N–H and O–H groups in total.